The quantitative estimate of drug-likeness (QED) is 0.574. The van der Waals surface area contributed by atoms with E-state index in [1.165, 1.54) is 7.11 Å². The van der Waals surface area contributed by atoms with E-state index in [1.54, 1.807) is 7.11 Å². The summed E-state index contributed by atoms with van der Waals surface area (Å²) in [6, 6.07) is 5.63. The molecule has 1 unspecified atom stereocenters. The summed E-state index contributed by atoms with van der Waals surface area (Å²) in [5, 5.41) is 0. The molecule has 0 fully saturated rings. The van der Waals surface area contributed by atoms with Gasteiger partial charge in [-0.2, -0.15) is 0 Å². The van der Waals surface area contributed by atoms with Crippen LogP contribution in [0, 0.1) is 6.92 Å². The number of hydrogen-bond donors (Lipinski definition) is 0. The molecule has 0 aliphatic heterocycles. The topological polar surface area (TPSA) is 52.6 Å². The molecule has 1 aromatic carbocycles. The van der Waals surface area contributed by atoms with Crippen LogP contribution in [0.1, 0.15) is 29.9 Å². The highest BCUT2D eigenvalue weighted by Crippen LogP contribution is 2.31. The Morgan fingerprint density at radius 2 is 2.11 bits per heavy atom. The van der Waals surface area contributed by atoms with Gasteiger partial charge in [0.1, 0.15) is 12.0 Å². The van der Waals surface area contributed by atoms with Crippen molar-refractivity contribution in [1.29, 1.82) is 0 Å². The second-order valence-electron chi connectivity index (χ2n) is 4.07. The van der Waals surface area contributed by atoms with E-state index in [9.17, 15) is 9.59 Å². The molecule has 0 saturated carbocycles. The van der Waals surface area contributed by atoms with Crippen LogP contribution in [0.25, 0.3) is 0 Å². The number of rotatable bonds is 6. The lowest BCUT2D eigenvalue weighted by Crippen LogP contribution is -2.15. The molecule has 1 rings (SSSR count). The van der Waals surface area contributed by atoms with Gasteiger partial charge in [-0.1, -0.05) is 17.7 Å². The van der Waals surface area contributed by atoms with Crippen LogP contribution in [0.4, 0.5) is 0 Å². The second-order valence-corrected chi connectivity index (χ2v) is 4.07. The summed E-state index contributed by atoms with van der Waals surface area (Å²) >= 11 is 0. The Kier molecular flexibility index (Phi) is 5.36. The Morgan fingerprint density at radius 1 is 1.39 bits per heavy atom. The lowest BCUT2D eigenvalue weighted by Gasteiger charge is -2.17. The largest absolute Gasteiger partial charge is 0.496 e. The predicted octanol–water partition coefficient (Wildman–Crippen LogP) is 2.24. The van der Waals surface area contributed by atoms with Crippen molar-refractivity contribution in [3.8, 4) is 5.75 Å². The summed E-state index contributed by atoms with van der Waals surface area (Å²) < 4.78 is 10.1. The summed E-state index contributed by atoms with van der Waals surface area (Å²) in [7, 11) is 2.90. The highest BCUT2D eigenvalue weighted by Gasteiger charge is 2.24. The van der Waals surface area contributed by atoms with E-state index in [0.29, 0.717) is 18.6 Å². The van der Waals surface area contributed by atoms with Crippen LogP contribution in [0.15, 0.2) is 18.2 Å². The van der Waals surface area contributed by atoms with Gasteiger partial charge in [0.2, 0.25) is 0 Å². The number of methoxy groups -OCH3 is 2. The molecule has 0 N–H and O–H groups in total. The maximum absolute atomic E-state index is 11.8. The molecule has 0 spiro atoms. The van der Waals surface area contributed by atoms with Gasteiger partial charge in [-0.3, -0.25) is 4.79 Å². The molecule has 18 heavy (non-hydrogen) atoms. The summed E-state index contributed by atoms with van der Waals surface area (Å²) in [4.78, 5) is 22.3. The van der Waals surface area contributed by atoms with Gasteiger partial charge < -0.3 is 14.3 Å². The molecule has 0 bridgehead atoms. The number of aryl methyl sites for hydroxylation is 1. The van der Waals surface area contributed by atoms with Crippen molar-refractivity contribution in [3.05, 3.63) is 29.3 Å². The molecule has 98 valence electrons. The van der Waals surface area contributed by atoms with Gasteiger partial charge in [0.15, 0.2) is 0 Å². The lowest BCUT2D eigenvalue weighted by atomic mass is 9.92. The van der Waals surface area contributed by atoms with Gasteiger partial charge in [0.25, 0.3) is 0 Å². The molecular weight excluding hydrogens is 232 g/mol. The van der Waals surface area contributed by atoms with E-state index in [0.717, 1.165) is 17.4 Å². The maximum atomic E-state index is 11.8. The fourth-order valence-corrected chi connectivity index (χ4v) is 1.90. The summed E-state index contributed by atoms with van der Waals surface area (Å²) in [6.45, 7) is 1.94. The van der Waals surface area contributed by atoms with Crippen molar-refractivity contribution in [2.45, 2.75) is 25.7 Å². The van der Waals surface area contributed by atoms with Crippen molar-refractivity contribution < 1.29 is 19.1 Å². The number of carbonyl (C=O) groups excluding carboxylic acids is 2. The zero-order chi connectivity index (χ0) is 13.5. The first kappa shape index (κ1) is 14.2. The molecule has 1 aromatic rings. The van der Waals surface area contributed by atoms with E-state index < -0.39 is 5.92 Å². The number of aldehydes is 1. The molecule has 0 saturated heterocycles. The van der Waals surface area contributed by atoms with E-state index in [1.807, 2.05) is 25.1 Å². The highest BCUT2D eigenvalue weighted by atomic mass is 16.5. The van der Waals surface area contributed by atoms with Crippen molar-refractivity contribution in [1.82, 2.24) is 0 Å². The van der Waals surface area contributed by atoms with E-state index >= 15 is 0 Å². The monoisotopic (exact) mass is 250 g/mol. The first-order valence-corrected chi connectivity index (χ1v) is 5.80. The molecule has 0 heterocycles. The summed E-state index contributed by atoms with van der Waals surface area (Å²) in [5.74, 6) is -0.169. The zero-order valence-electron chi connectivity index (χ0n) is 10.9. The average molecular weight is 250 g/mol. The molecular formula is C14H18O4. The first-order valence-electron chi connectivity index (χ1n) is 5.80. The molecule has 1 atom stereocenters. The minimum absolute atomic E-state index is 0.316. The predicted molar refractivity (Wildman–Crippen MR) is 67.8 cm³/mol. The van der Waals surface area contributed by atoms with Gasteiger partial charge in [-0.05, 0) is 19.4 Å². The number of ether oxygens (including phenoxy) is 2. The third-order valence-corrected chi connectivity index (χ3v) is 2.82. The Labute approximate surface area is 107 Å². The van der Waals surface area contributed by atoms with Gasteiger partial charge >= 0.3 is 5.97 Å². The number of carbonyl (C=O) groups is 2. The normalized spacial score (nSPS) is 11.7. The lowest BCUT2D eigenvalue weighted by molar-refractivity contribution is -0.142. The standard InChI is InChI=1S/C14H18O4/c1-10-6-7-13(17-2)12(9-10)11(5-4-8-15)14(16)18-3/h6-9,11H,4-5H2,1-3H3. The molecule has 4 heteroatoms. The number of esters is 1. The van der Waals surface area contributed by atoms with Crippen molar-refractivity contribution in [2.75, 3.05) is 14.2 Å². The molecule has 0 aliphatic rings. The molecule has 0 radical (unpaired) electrons. The van der Waals surface area contributed by atoms with Crippen molar-refractivity contribution in [2.24, 2.45) is 0 Å². The third-order valence-electron chi connectivity index (χ3n) is 2.82. The van der Waals surface area contributed by atoms with Gasteiger partial charge in [0.05, 0.1) is 20.1 Å². The van der Waals surface area contributed by atoms with Gasteiger partial charge in [0, 0.05) is 12.0 Å². The average Bonchev–Trinajstić information content (AvgIpc) is 2.39. The summed E-state index contributed by atoms with van der Waals surface area (Å²) in [6.07, 6.45) is 1.55. The summed E-state index contributed by atoms with van der Waals surface area (Å²) in [5.41, 5.74) is 1.80. The molecule has 4 nitrogen and oxygen atoms in total. The highest BCUT2D eigenvalue weighted by molar-refractivity contribution is 5.79. The zero-order valence-corrected chi connectivity index (χ0v) is 10.9. The van der Waals surface area contributed by atoms with Gasteiger partial charge in [-0.25, -0.2) is 0 Å². The fourth-order valence-electron chi connectivity index (χ4n) is 1.90. The first-order chi connectivity index (χ1) is 8.63. The smallest absolute Gasteiger partial charge is 0.313 e. The van der Waals surface area contributed by atoms with E-state index in [-0.39, 0.29) is 5.97 Å². The van der Waals surface area contributed by atoms with Crippen molar-refractivity contribution in [3.63, 3.8) is 0 Å². The van der Waals surface area contributed by atoms with E-state index in [4.69, 9.17) is 9.47 Å². The van der Waals surface area contributed by atoms with Crippen LogP contribution in [0.2, 0.25) is 0 Å². The maximum Gasteiger partial charge on any atom is 0.313 e. The Balaban J connectivity index is 3.13. The van der Waals surface area contributed by atoms with Gasteiger partial charge in [-0.15, -0.1) is 0 Å². The number of benzene rings is 1. The van der Waals surface area contributed by atoms with Crippen LogP contribution >= 0.6 is 0 Å². The minimum Gasteiger partial charge on any atom is -0.496 e. The minimum atomic E-state index is -0.463. The van der Waals surface area contributed by atoms with E-state index in [2.05, 4.69) is 0 Å². The molecule has 0 aliphatic carbocycles. The fraction of sp³-hybridized carbons (Fsp3) is 0.429. The SMILES string of the molecule is COC(=O)C(CCC=O)c1cc(C)ccc1OC. The Hall–Kier alpha value is -1.84. The van der Waals surface area contributed by atoms with Crippen LogP contribution < -0.4 is 4.74 Å². The van der Waals surface area contributed by atoms with Crippen LogP contribution in [-0.4, -0.2) is 26.5 Å². The number of hydrogen-bond acceptors (Lipinski definition) is 4. The molecule has 0 amide bonds. The van der Waals surface area contributed by atoms with Crippen molar-refractivity contribution >= 4 is 12.3 Å². The second kappa shape index (κ2) is 6.79. The van der Waals surface area contributed by atoms with Crippen LogP contribution in [0.5, 0.6) is 5.75 Å². The Morgan fingerprint density at radius 3 is 2.67 bits per heavy atom. The third kappa shape index (κ3) is 3.32. The van der Waals surface area contributed by atoms with Crippen LogP contribution in [-0.2, 0) is 14.3 Å². The Bertz CT molecular complexity index is 426. The molecule has 0 aromatic heterocycles. The van der Waals surface area contributed by atoms with Crippen LogP contribution in [0.3, 0.4) is 0 Å².